The van der Waals surface area contributed by atoms with Crippen LogP contribution >= 0.6 is 0 Å². The number of aryl methyl sites for hydroxylation is 1. The van der Waals surface area contributed by atoms with Crippen molar-refractivity contribution in [1.29, 1.82) is 0 Å². The first-order chi connectivity index (χ1) is 9.69. The van der Waals surface area contributed by atoms with Crippen molar-refractivity contribution in [3.05, 3.63) is 33.4 Å². The molecule has 1 aromatic rings. The highest BCUT2D eigenvalue weighted by Gasteiger charge is 2.22. The summed E-state index contributed by atoms with van der Waals surface area (Å²) in [5.74, 6) is 0. The first-order valence-electron chi connectivity index (χ1n) is 6.67. The van der Waals surface area contributed by atoms with Gasteiger partial charge in [-0.1, -0.05) is 6.92 Å². The Kier molecular flexibility index (Phi) is 5.82. The first-order valence-corrected chi connectivity index (χ1v) is 8.16. The summed E-state index contributed by atoms with van der Waals surface area (Å²) in [7, 11) is -3.78. The zero-order valence-corrected chi connectivity index (χ0v) is 13.5. The fourth-order valence-corrected chi connectivity index (χ4v) is 3.39. The molecule has 1 atom stereocenters. The van der Waals surface area contributed by atoms with Crippen LogP contribution in [0.3, 0.4) is 0 Å². The lowest BCUT2D eigenvalue weighted by atomic mass is 10.1. The number of nitrogens with one attached hydrogen (secondary N) is 2. The molecule has 0 fully saturated rings. The van der Waals surface area contributed by atoms with E-state index >= 15 is 0 Å². The number of hydrogen-bond acceptors (Lipinski definition) is 5. The molecule has 0 aliphatic heterocycles. The Morgan fingerprint density at radius 3 is 2.48 bits per heavy atom. The lowest BCUT2D eigenvalue weighted by Crippen LogP contribution is -2.39. The van der Waals surface area contributed by atoms with E-state index in [1.54, 1.807) is 13.8 Å². The van der Waals surface area contributed by atoms with Crippen LogP contribution in [-0.4, -0.2) is 32.5 Å². The standard InChI is InChI=1S/C13H21N3O4S/c1-5-14-10(3)8-15-21(19,20)13-7-12(16(17)18)6-9(2)11(13)4/h6-7,10,14-15H,5,8H2,1-4H3/t10-/m1/s1. The molecule has 0 saturated carbocycles. The third-order valence-electron chi connectivity index (χ3n) is 3.24. The van der Waals surface area contributed by atoms with E-state index in [1.807, 2.05) is 13.8 Å². The van der Waals surface area contributed by atoms with Crippen LogP contribution in [-0.2, 0) is 10.0 Å². The maximum atomic E-state index is 12.3. The van der Waals surface area contributed by atoms with Crippen molar-refractivity contribution in [2.24, 2.45) is 0 Å². The minimum atomic E-state index is -3.78. The second kappa shape index (κ2) is 6.97. The van der Waals surface area contributed by atoms with Gasteiger partial charge in [0.05, 0.1) is 9.82 Å². The fourth-order valence-electron chi connectivity index (χ4n) is 1.93. The maximum Gasteiger partial charge on any atom is 0.271 e. The van der Waals surface area contributed by atoms with Crippen molar-refractivity contribution in [3.63, 3.8) is 0 Å². The van der Waals surface area contributed by atoms with Crippen molar-refractivity contribution in [2.75, 3.05) is 13.1 Å². The molecule has 21 heavy (non-hydrogen) atoms. The Balaban J connectivity index is 3.10. The molecule has 0 radical (unpaired) electrons. The van der Waals surface area contributed by atoms with Crippen LogP contribution in [0.5, 0.6) is 0 Å². The molecule has 2 N–H and O–H groups in total. The highest BCUT2D eigenvalue weighted by Crippen LogP contribution is 2.25. The average Bonchev–Trinajstić information content (AvgIpc) is 2.39. The van der Waals surface area contributed by atoms with Gasteiger partial charge in [-0.2, -0.15) is 0 Å². The van der Waals surface area contributed by atoms with Crippen molar-refractivity contribution >= 4 is 15.7 Å². The summed E-state index contributed by atoms with van der Waals surface area (Å²) in [6, 6.07) is 2.45. The molecular weight excluding hydrogens is 294 g/mol. The summed E-state index contributed by atoms with van der Waals surface area (Å²) in [5, 5.41) is 14.0. The Bertz CT molecular complexity index is 629. The van der Waals surface area contributed by atoms with E-state index in [-0.39, 0.29) is 23.2 Å². The molecule has 0 heterocycles. The third kappa shape index (κ3) is 4.48. The van der Waals surface area contributed by atoms with E-state index in [1.165, 1.54) is 6.07 Å². The highest BCUT2D eigenvalue weighted by molar-refractivity contribution is 7.89. The lowest BCUT2D eigenvalue weighted by molar-refractivity contribution is -0.385. The predicted molar refractivity (Wildman–Crippen MR) is 80.9 cm³/mol. The van der Waals surface area contributed by atoms with Crippen LogP contribution in [0.4, 0.5) is 5.69 Å². The van der Waals surface area contributed by atoms with Crippen LogP contribution in [0.15, 0.2) is 17.0 Å². The Morgan fingerprint density at radius 1 is 1.33 bits per heavy atom. The van der Waals surface area contributed by atoms with E-state index in [2.05, 4.69) is 10.0 Å². The second-order valence-electron chi connectivity index (χ2n) is 4.95. The number of sulfonamides is 1. The molecule has 0 saturated heterocycles. The quantitative estimate of drug-likeness (QED) is 0.586. The van der Waals surface area contributed by atoms with Gasteiger partial charge in [0.1, 0.15) is 0 Å². The highest BCUT2D eigenvalue weighted by atomic mass is 32.2. The molecular formula is C13H21N3O4S. The van der Waals surface area contributed by atoms with Crippen molar-refractivity contribution < 1.29 is 13.3 Å². The molecule has 1 aromatic carbocycles. The van der Waals surface area contributed by atoms with Gasteiger partial charge >= 0.3 is 0 Å². The minimum absolute atomic E-state index is 0.0233. The monoisotopic (exact) mass is 315 g/mol. The Morgan fingerprint density at radius 2 is 1.95 bits per heavy atom. The third-order valence-corrected chi connectivity index (χ3v) is 4.79. The van der Waals surface area contributed by atoms with Gasteiger partial charge in [0.15, 0.2) is 0 Å². The number of likely N-dealkylation sites (N-methyl/N-ethyl adjacent to an activating group) is 1. The molecule has 0 amide bonds. The van der Waals surface area contributed by atoms with Gasteiger partial charge in [-0.3, -0.25) is 10.1 Å². The number of rotatable bonds is 7. The zero-order chi connectivity index (χ0) is 16.2. The van der Waals surface area contributed by atoms with E-state index < -0.39 is 14.9 Å². The normalized spacial score (nSPS) is 13.1. The molecule has 0 aliphatic carbocycles. The lowest BCUT2D eigenvalue weighted by Gasteiger charge is -2.15. The molecule has 0 bridgehead atoms. The van der Waals surface area contributed by atoms with Crippen molar-refractivity contribution in [3.8, 4) is 0 Å². The van der Waals surface area contributed by atoms with Crippen molar-refractivity contribution in [1.82, 2.24) is 10.0 Å². The number of hydrogen-bond donors (Lipinski definition) is 2. The van der Waals surface area contributed by atoms with Crippen molar-refractivity contribution in [2.45, 2.75) is 38.6 Å². The number of benzene rings is 1. The summed E-state index contributed by atoms with van der Waals surface area (Å²) in [6.07, 6.45) is 0. The predicted octanol–water partition coefficient (Wildman–Crippen LogP) is 1.49. The van der Waals surface area contributed by atoms with Crippen LogP contribution in [0.1, 0.15) is 25.0 Å². The molecule has 0 spiro atoms. The number of nitrogens with zero attached hydrogens (tertiary/aromatic N) is 1. The van der Waals surface area contributed by atoms with Gasteiger partial charge in [-0.05, 0) is 38.4 Å². The number of nitro groups is 1. The largest absolute Gasteiger partial charge is 0.313 e. The van der Waals surface area contributed by atoms with Crippen LogP contribution in [0.25, 0.3) is 0 Å². The van der Waals surface area contributed by atoms with Gasteiger partial charge < -0.3 is 5.32 Å². The Labute approximate surface area is 124 Å². The maximum absolute atomic E-state index is 12.3. The molecule has 1 rings (SSSR count). The summed E-state index contributed by atoms with van der Waals surface area (Å²) < 4.78 is 27.1. The van der Waals surface area contributed by atoms with Gasteiger partial charge in [0.25, 0.3) is 5.69 Å². The summed E-state index contributed by atoms with van der Waals surface area (Å²) >= 11 is 0. The SMILES string of the molecule is CCN[C@H](C)CNS(=O)(=O)c1cc([N+](=O)[O-])cc(C)c1C. The molecule has 7 nitrogen and oxygen atoms in total. The van der Waals surface area contributed by atoms with Crippen LogP contribution in [0, 0.1) is 24.0 Å². The Hall–Kier alpha value is -1.51. The van der Waals surface area contributed by atoms with Gasteiger partial charge in [0.2, 0.25) is 10.0 Å². The van der Waals surface area contributed by atoms with Gasteiger partial charge in [0, 0.05) is 24.7 Å². The molecule has 0 unspecified atom stereocenters. The number of nitro benzene ring substituents is 1. The van der Waals surface area contributed by atoms with Gasteiger partial charge in [-0.15, -0.1) is 0 Å². The molecule has 118 valence electrons. The fraction of sp³-hybridized carbons (Fsp3) is 0.538. The van der Waals surface area contributed by atoms with E-state index in [0.717, 1.165) is 12.6 Å². The van der Waals surface area contributed by atoms with E-state index in [4.69, 9.17) is 0 Å². The van der Waals surface area contributed by atoms with Gasteiger partial charge in [-0.25, -0.2) is 13.1 Å². The smallest absolute Gasteiger partial charge is 0.271 e. The summed E-state index contributed by atoms with van der Waals surface area (Å²) in [4.78, 5) is 10.2. The number of non-ortho nitro benzene ring substituents is 1. The van der Waals surface area contributed by atoms with E-state index in [0.29, 0.717) is 11.1 Å². The molecule has 0 aliphatic rings. The first kappa shape index (κ1) is 17.5. The molecule has 8 heteroatoms. The average molecular weight is 315 g/mol. The summed E-state index contributed by atoms with van der Waals surface area (Å²) in [6.45, 7) is 8.04. The minimum Gasteiger partial charge on any atom is -0.313 e. The topological polar surface area (TPSA) is 101 Å². The van der Waals surface area contributed by atoms with E-state index in [9.17, 15) is 18.5 Å². The van der Waals surface area contributed by atoms with Crippen LogP contribution in [0.2, 0.25) is 0 Å². The zero-order valence-electron chi connectivity index (χ0n) is 12.6. The second-order valence-corrected chi connectivity index (χ2v) is 6.69. The van der Waals surface area contributed by atoms with Crippen LogP contribution < -0.4 is 10.0 Å². The molecule has 0 aromatic heterocycles. The summed E-state index contributed by atoms with van der Waals surface area (Å²) in [5.41, 5.74) is 0.867.